The first-order valence-electron chi connectivity index (χ1n) is 5.82. The number of anilines is 1. The first-order chi connectivity index (χ1) is 8.59. The number of amides is 1. The molecule has 2 heterocycles. The molecule has 0 spiro atoms. The largest absolute Gasteiger partial charge is 0.396 e. The third-order valence-corrected chi connectivity index (χ3v) is 3.40. The zero-order valence-electron chi connectivity index (χ0n) is 10.0. The molecule has 7 nitrogen and oxygen atoms in total. The number of nitrogens with one attached hydrogen (secondary N) is 1. The molecule has 1 aliphatic heterocycles. The second kappa shape index (κ2) is 4.66. The minimum absolute atomic E-state index is 0.0749. The fourth-order valence-corrected chi connectivity index (χ4v) is 2.35. The lowest BCUT2D eigenvalue weighted by atomic mass is 9.86. The molecule has 0 aliphatic carbocycles. The number of nitrogens with zero attached hydrogens (tertiary/aromatic N) is 3. The van der Waals surface area contributed by atoms with Gasteiger partial charge in [-0.2, -0.15) is 10.4 Å². The van der Waals surface area contributed by atoms with Crippen molar-refractivity contribution in [3.63, 3.8) is 0 Å². The molecular weight excluding hydrogens is 232 g/mol. The second-order valence-corrected chi connectivity index (χ2v) is 4.55. The van der Waals surface area contributed by atoms with Gasteiger partial charge in [0.2, 0.25) is 0 Å². The molecule has 1 aliphatic rings. The SMILES string of the molecule is N#CCC1(n2cc(N)c(C(N)=O)n2)CCNCC1. The summed E-state index contributed by atoms with van der Waals surface area (Å²) in [5.41, 5.74) is 10.9. The van der Waals surface area contributed by atoms with Crippen LogP contribution in [0.2, 0.25) is 0 Å². The number of aromatic nitrogens is 2. The van der Waals surface area contributed by atoms with Gasteiger partial charge in [-0.05, 0) is 25.9 Å². The fourth-order valence-electron chi connectivity index (χ4n) is 2.35. The predicted molar refractivity (Wildman–Crippen MR) is 65.5 cm³/mol. The number of primary amides is 1. The minimum atomic E-state index is -0.646. The van der Waals surface area contributed by atoms with Crippen molar-refractivity contribution in [3.05, 3.63) is 11.9 Å². The van der Waals surface area contributed by atoms with Gasteiger partial charge in [-0.25, -0.2) is 0 Å². The number of carbonyl (C=O) groups excluding carboxylic acids is 1. The number of carbonyl (C=O) groups is 1. The van der Waals surface area contributed by atoms with E-state index in [0.717, 1.165) is 25.9 Å². The maximum atomic E-state index is 11.2. The Morgan fingerprint density at radius 1 is 1.61 bits per heavy atom. The van der Waals surface area contributed by atoms with Gasteiger partial charge in [0.1, 0.15) is 0 Å². The number of rotatable bonds is 3. The molecule has 96 valence electrons. The van der Waals surface area contributed by atoms with Gasteiger partial charge >= 0.3 is 0 Å². The van der Waals surface area contributed by atoms with Crippen LogP contribution < -0.4 is 16.8 Å². The van der Waals surface area contributed by atoms with Gasteiger partial charge in [0.05, 0.1) is 23.7 Å². The van der Waals surface area contributed by atoms with Crippen molar-refractivity contribution < 1.29 is 4.79 Å². The van der Waals surface area contributed by atoms with Gasteiger partial charge in [0.15, 0.2) is 5.69 Å². The molecule has 2 rings (SSSR count). The highest BCUT2D eigenvalue weighted by atomic mass is 16.1. The van der Waals surface area contributed by atoms with Crippen molar-refractivity contribution in [2.24, 2.45) is 5.73 Å². The van der Waals surface area contributed by atoms with Gasteiger partial charge < -0.3 is 16.8 Å². The van der Waals surface area contributed by atoms with E-state index in [2.05, 4.69) is 16.5 Å². The lowest BCUT2D eigenvalue weighted by Crippen LogP contribution is -2.44. The zero-order valence-corrected chi connectivity index (χ0v) is 10.0. The molecule has 7 heteroatoms. The summed E-state index contributed by atoms with van der Waals surface area (Å²) >= 11 is 0. The average molecular weight is 248 g/mol. The molecule has 0 atom stereocenters. The maximum absolute atomic E-state index is 11.2. The number of piperidine rings is 1. The van der Waals surface area contributed by atoms with Gasteiger partial charge in [0.25, 0.3) is 5.91 Å². The van der Waals surface area contributed by atoms with Crippen molar-refractivity contribution in [3.8, 4) is 6.07 Å². The monoisotopic (exact) mass is 248 g/mol. The van der Waals surface area contributed by atoms with Crippen LogP contribution in [-0.2, 0) is 5.54 Å². The molecule has 0 unspecified atom stereocenters. The third kappa shape index (κ3) is 2.02. The van der Waals surface area contributed by atoms with Gasteiger partial charge in [-0.3, -0.25) is 9.48 Å². The molecule has 1 fully saturated rings. The highest BCUT2D eigenvalue weighted by molar-refractivity contribution is 5.95. The number of hydrogen-bond acceptors (Lipinski definition) is 5. The molecule has 0 bridgehead atoms. The van der Waals surface area contributed by atoms with E-state index in [1.54, 1.807) is 10.9 Å². The van der Waals surface area contributed by atoms with E-state index < -0.39 is 5.91 Å². The summed E-state index contributed by atoms with van der Waals surface area (Å²) in [6.45, 7) is 1.63. The van der Waals surface area contributed by atoms with Crippen LogP contribution in [-0.4, -0.2) is 28.8 Å². The van der Waals surface area contributed by atoms with E-state index in [1.807, 2.05) is 0 Å². The standard InChI is InChI=1S/C11H16N6O/c12-4-1-11(2-5-15-6-3-11)17-7-8(13)9(16-17)10(14)18/h7,15H,1-3,5-6,13H2,(H2,14,18). The Balaban J connectivity index is 2.40. The number of nitriles is 1. The topological polar surface area (TPSA) is 123 Å². The van der Waals surface area contributed by atoms with Crippen molar-refractivity contribution in [2.75, 3.05) is 18.8 Å². The molecule has 0 radical (unpaired) electrons. The fraction of sp³-hybridized carbons (Fsp3) is 0.545. The average Bonchev–Trinajstić information content (AvgIpc) is 2.74. The Hall–Kier alpha value is -2.07. The van der Waals surface area contributed by atoms with E-state index >= 15 is 0 Å². The zero-order chi connectivity index (χ0) is 13.2. The summed E-state index contributed by atoms with van der Waals surface area (Å²) in [5, 5.41) is 16.4. The molecule has 1 aromatic rings. The lowest BCUT2D eigenvalue weighted by molar-refractivity contribution is 0.0993. The molecule has 1 saturated heterocycles. The Bertz CT molecular complexity index is 494. The van der Waals surface area contributed by atoms with E-state index in [-0.39, 0.29) is 16.9 Å². The molecule has 5 N–H and O–H groups in total. The second-order valence-electron chi connectivity index (χ2n) is 4.55. The molecular formula is C11H16N6O. The molecule has 18 heavy (non-hydrogen) atoms. The first-order valence-corrected chi connectivity index (χ1v) is 5.82. The maximum Gasteiger partial charge on any atom is 0.271 e. The summed E-state index contributed by atoms with van der Waals surface area (Å²) in [6.07, 6.45) is 3.50. The van der Waals surface area contributed by atoms with Crippen LogP contribution in [0.3, 0.4) is 0 Å². The lowest BCUT2D eigenvalue weighted by Gasteiger charge is -2.36. The Morgan fingerprint density at radius 2 is 2.28 bits per heavy atom. The summed E-state index contributed by atoms with van der Waals surface area (Å²) < 4.78 is 1.65. The Labute approximate surface area is 105 Å². The van der Waals surface area contributed by atoms with Crippen LogP contribution in [0.25, 0.3) is 0 Å². The summed E-state index contributed by atoms with van der Waals surface area (Å²) in [7, 11) is 0. The molecule has 1 amide bonds. The number of nitrogens with two attached hydrogens (primary N) is 2. The van der Waals surface area contributed by atoms with Gasteiger partial charge in [-0.15, -0.1) is 0 Å². The highest BCUT2D eigenvalue weighted by Gasteiger charge is 2.35. The summed E-state index contributed by atoms with van der Waals surface area (Å²) in [5.74, 6) is -0.646. The normalized spacial score (nSPS) is 18.2. The van der Waals surface area contributed by atoms with Crippen LogP contribution in [0.5, 0.6) is 0 Å². The van der Waals surface area contributed by atoms with Crippen molar-refractivity contribution >= 4 is 11.6 Å². The quantitative estimate of drug-likeness (QED) is 0.669. The Morgan fingerprint density at radius 3 is 2.78 bits per heavy atom. The molecule has 0 aromatic carbocycles. The predicted octanol–water partition coefficient (Wildman–Crippen LogP) is -0.443. The molecule has 1 aromatic heterocycles. The Kier molecular flexibility index (Phi) is 3.21. The van der Waals surface area contributed by atoms with Crippen LogP contribution in [0.15, 0.2) is 6.20 Å². The summed E-state index contributed by atoms with van der Waals surface area (Å²) in [6, 6.07) is 2.19. The van der Waals surface area contributed by atoms with Gasteiger partial charge in [-0.1, -0.05) is 0 Å². The third-order valence-electron chi connectivity index (χ3n) is 3.40. The minimum Gasteiger partial charge on any atom is -0.396 e. The van der Waals surface area contributed by atoms with E-state index in [9.17, 15) is 4.79 Å². The number of nitrogen functional groups attached to an aromatic ring is 1. The smallest absolute Gasteiger partial charge is 0.271 e. The highest BCUT2D eigenvalue weighted by Crippen LogP contribution is 2.31. The number of hydrogen-bond donors (Lipinski definition) is 3. The van der Waals surface area contributed by atoms with Crippen LogP contribution in [0.4, 0.5) is 5.69 Å². The van der Waals surface area contributed by atoms with E-state index in [4.69, 9.17) is 16.7 Å². The summed E-state index contributed by atoms with van der Waals surface area (Å²) in [4.78, 5) is 11.2. The van der Waals surface area contributed by atoms with Crippen LogP contribution in [0, 0.1) is 11.3 Å². The first kappa shape index (κ1) is 12.4. The van der Waals surface area contributed by atoms with Gasteiger partial charge in [0, 0.05) is 6.20 Å². The van der Waals surface area contributed by atoms with E-state index in [1.165, 1.54) is 0 Å². The van der Waals surface area contributed by atoms with Crippen molar-refractivity contribution in [1.29, 1.82) is 5.26 Å². The van der Waals surface area contributed by atoms with Crippen LogP contribution in [0.1, 0.15) is 29.8 Å². The van der Waals surface area contributed by atoms with Crippen molar-refractivity contribution in [2.45, 2.75) is 24.8 Å². The van der Waals surface area contributed by atoms with Crippen LogP contribution >= 0.6 is 0 Å². The van der Waals surface area contributed by atoms with Crippen molar-refractivity contribution in [1.82, 2.24) is 15.1 Å². The molecule has 0 saturated carbocycles. The van der Waals surface area contributed by atoms with E-state index in [0.29, 0.717) is 6.42 Å².